The maximum Gasteiger partial charge on any atom is 0.133 e. The molecule has 1 aliphatic heterocycles. The number of aliphatic hydroxyl groups excluding tert-OH is 1. The van der Waals surface area contributed by atoms with Gasteiger partial charge in [0, 0.05) is 37.5 Å². The van der Waals surface area contributed by atoms with Crippen molar-refractivity contribution in [1.29, 1.82) is 0 Å². The van der Waals surface area contributed by atoms with E-state index in [1.807, 2.05) is 25.3 Å². The monoisotopic (exact) mass is 235 g/mol. The second kappa shape index (κ2) is 5.47. The third kappa shape index (κ3) is 2.76. The zero-order valence-electron chi connectivity index (χ0n) is 10.3. The largest absolute Gasteiger partial charge is 0.396 e. The van der Waals surface area contributed by atoms with Gasteiger partial charge in [-0.3, -0.25) is 0 Å². The number of anilines is 1. The van der Waals surface area contributed by atoms with E-state index in [2.05, 4.69) is 9.88 Å². The fourth-order valence-electron chi connectivity index (χ4n) is 2.44. The molecular weight excluding hydrogens is 214 g/mol. The minimum atomic E-state index is -0.00629. The van der Waals surface area contributed by atoms with Crippen LogP contribution in [-0.2, 0) is 0 Å². The topological polar surface area (TPSA) is 62.4 Å². The Morgan fingerprint density at radius 1 is 1.65 bits per heavy atom. The van der Waals surface area contributed by atoms with Crippen molar-refractivity contribution >= 4 is 5.82 Å². The summed E-state index contributed by atoms with van der Waals surface area (Å²) in [7, 11) is 0. The summed E-state index contributed by atoms with van der Waals surface area (Å²) >= 11 is 0. The molecule has 1 saturated heterocycles. The maximum absolute atomic E-state index is 9.26. The third-order valence-electron chi connectivity index (χ3n) is 3.38. The summed E-state index contributed by atoms with van der Waals surface area (Å²) in [6.07, 6.45) is 4.03. The summed E-state index contributed by atoms with van der Waals surface area (Å²) < 4.78 is 0. The fraction of sp³-hybridized carbons (Fsp3) is 0.615. The van der Waals surface area contributed by atoms with Gasteiger partial charge in [-0.25, -0.2) is 4.98 Å². The van der Waals surface area contributed by atoms with E-state index in [9.17, 15) is 5.11 Å². The van der Waals surface area contributed by atoms with Crippen molar-refractivity contribution in [2.75, 3.05) is 24.6 Å². The fourth-order valence-corrected chi connectivity index (χ4v) is 2.44. The Hall–Kier alpha value is -1.13. The smallest absolute Gasteiger partial charge is 0.133 e. The van der Waals surface area contributed by atoms with Gasteiger partial charge in [0.2, 0.25) is 0 Å². The molecule has 0 spiro atoms. The molecule has 0 radical (unpaired) electrons. The molecule has 4 nitrogen and oxygen atoms in total. The molecule has 2 rings (SSSR count). The molecule has 0 saturated carbocycles. The van der Waals surface area contributed by atoms with E-state index in [1.165, 1.54) is 0 Å². The highest BCUT2D eigenvalue weighted by Gasteiger charge is 2.22. The highest BCUT2D eigenvalue weighted by atomic mass is 16.3. The molecule has 2 heterocycles. The van der Waals surface area contributed by atoms with Crippen LogP contribution in [0.3, 0.4) is 0 Å². The molecule has 94 valence electrons. The number of aliphatic hydroxyl groups is 1. The van der Waals surface area contributed by atoms with Gasteiger partial charge in [0.1, 0.15) is 5.82 Å². The first-order valence-electron chi connectivity index (χ1n) is 6.28. The average molecular weight is 235 g/mol. The van der Waals surface area contributed by atoms with Crippen molar-refractivity contribution in [1.82, 2.24) is 4.98 Å². The molecule has 1 unspecified atom stereocenters. The van der Waals surface area contributed by atoms with Gasteiger partial charge < -0.3 is 15.7 Å². The molecule has 4 heteroatoms. The summed E-state index contributed by atoms with van der Waals surface area (Å²) in [4.78, 5) is 6.71. The molecule has 0 bridgehead atoms. The van der Waals surface area contributed by atoms with Crippen LogP contribution in [0.15, 0.2) is 18.3 Å². The van der Waals surface area contributed by atoms with Gasteiger partial charge in [-0.2, -0.15) is 0 Å². The Kier molecular flexibility index (Phi) is 3.97. The van der Waals surface area contributed by atoms with E-state index in [4.69, 9.17) is 5.73 Å². The molecule has 1 aromatic rings. The summed E-state index contributed by atoms with van der Waals surface area (Å²) in [6, 6.07) is 3.96. The lowest BCUT2D eigenvalue weighted by molar-refractivity contribution is 0.208. The predicted molar refractivity (Wildman–Crippen MR) is 68.9 cm³/mol. The highest BCUT2D eigenvalue weighted by Crippen LogP contribution is 2.26. The zero-order chi connectivity index (χ0) is 12.3. The van der Waals surface area contributed by atoms with E-state index in [1.54, 1.807) is 0 Å². The number of hydrogen-bond donors (Lipinski definition) is 2. The van der Waals surface area contributed by atoms with Crippen molar-refractivity contribution < 1.29 is 5.11 Å². The number of hydrogen-bond acceptors (Lipinski definition) is 4. The normalized spacial score (nSPS) is 22.5. The Balaban J connectivity index is 2.21. The molecule has 2 atom stereocenters. The van der Waals surface area contributed by atoms with Crippen molar-refractivity contribution in [3.8, 4) is 0 Å². The van der Waals surface area contributed by atoms with Crippen LogP contribution < -0.4 is 10.6 Å². The Bertz CT molecular complexity index is 367. The Morgan fingerprint density at radius 2 is 2.47 bits per heavy atom. The third-order valence-corrected chi connectivity index (χ3v) is 3.38. The minimum Gasteiger partial charge on any atom is -0.396 e. The van der Waals surface area contributed by atoms with E-state index in [-0.39, 0.29) is 12.6 Å². The molecule has 0 aliphatic carbocycles. The lowest BCUT2D eigenvalue weighted by atomic mass is 9.98. The van der Waals surface area contributed by atoms with Gasteiger partial charge in [-0.1, -0.05) is 6.07 Å². The molecule has 0 amide bonds. The second-order valence-electron chi connectivity index (χ2n) is 4.84. The lowest BCUT2D eigenvalue weighted by Gasteiger charge is -2.34. The quantitative estimate of drug-likeness (QED) is 0.829. The summed E-state index contributed by atoms with van der Waals surface area (Å²) in [6.45, 7) is 4.13. The van der Waals surface area contributed by atoms with Crippen LogP contribution in [0.1, 0.15) is 31.4 Å². The number of rotatable bonds is 3. The SMILES string of the molecule is C[C@@H](N)c1cccnc1N1CCCC(CO)C1. The molecule has 17 heavy (non-hydrogen) atoms. The molecular formula is C13H21N3O. The van der Waals surface area contributed by atoms with Crippen molar-refractivity contribution in [2.24, 2.45) is 11.7 Å². The first-order valence-corrected chi connectivity index (χ1v) is 6.28. The number of pyridine rings is 1. The van der Waals surface area contributed by atoms with Gasteiger partial charge in [0.15, 0.2) is 0 Å². The Labute approximate surface area is 102 Å². The first kappa shape index (κ1) is 12.3. The van der Waals surface area contributed by atoms with E-state index in [0.717, 1.165) is 37.3 Å². The van der Waals surface area contributed by atoms with Gasteiger partial charge in [-0.15, -0.1) is 0 Å². The van der Waals surface area contributed by atoms with E-state index in [0.29, 0.717) is 5.92 Å². The second-order valence-corrected chi connectivity index (χ2v) is 4.84. The van der Waals surface area contributed by atoms with Gasteiger partial charge in [-0.05, 0) is 31.7 Å². The van der Waals surface area contributed by atoms with Crippen molar-refractivity contribution in [3.63, 3.8) is 0 Å². The zero-order valence-corrected chi connectivity index (χ0v) is 10.3. The minimum absolute atomic E-state index is 0.00629. The van der Waals surface area contributed by atoms with E-state index < -0.39 is 0 Å². The van der Waals surface area contributed by atoms with Crippen molar-refractivity contribution in [2.45, 2.75) is 25.8 Å². The average Bonchev–Trinajstić information content (AvgIpc) is 2.39. The number of nitrogens with zero attached hydrogens (tertiary/aromatic N) is 2. The van der Waals surface area contributed by atoms with Gasteiger partial charge in [0.05, 0.1) is 0 Å². The molecule has 0 aromatic carbocycles. The summed E-state index contributed by atoms with van der Waals surface area (Å²) in [5.74, 6) is 1.35. The standard InChI is InChI=1S/C13H21N3O/c1-10(14)12-5-2-6-15-13(12)16-7-3-4-11(8-16)9-17/h2,5-6,10-11,17H,3-4,7-9,14H2,1H3/t10-,11?/m1/s1. The van der Waals surface area contributed by atoms with Crippen molar-refractivity contribution in [3.05, 3.63) is 23.9 Å². The van der Waals surface area contributed by atoms with Crippen LogP contribution in [0.2, 0.25) is 0 Å². The number of piperidine rings is 1. The highest BCUT2D eigenvalue weighted by molar-refractivity contribution is 5.48. The molecule has 3 N–H and O–H groups in total. The van der Waals surface area contributed by atoms with E-state index >= 15 is 0 Å². The Morgan fingerprint density at radius 3 is 3.18 bits per heavy atom. The molecule has 1 aliphatic rings. The molecule has 1 aromatic heterocycles. The predicted octanol–water partition coefficient (Wildman–Crippen LogP) is 1.31. The molecule has 1 fully saturated rings. The van der Waals surface area contributed by atoms with Crippen LogP contribution >= 0.6 is 0 Å². The lowest BCUT2D eigenvalue weighted by Crippen LogP contribution is -2.38. The number of aromatic nitrogens is 1. The summed E-state index contributed by atoms with van der Waals surface area (Å²) in [5.41, 5.74) is 7.06. The van der Waals surface area contributed by atoms with Crippen LogP contribution in [0.4, 0.5) is 5.82 Å². The number of nitrogens with two attached hydrogens (primary N) is 1. The first-order chi connectivity index (χ1) is 8.22. The van der Waals surface area contributed by atoms with Gasteiger partial charge >= 0.3 is 0 Å². The van der Waals surface area contributed by atoms with Crippen LogP contribution in [0, 0.1) is 5.92 Å². The summed E-state index contributed by atoms with van der Waals surface area (Å²) in [5, 5.41) is 9.26. The van der Waals surface area contributed by atoms with Gasteiger partial charge in [0.25, 0.3) is 0 Å². The maximum atomic E-state index is 9.26. The van der Waals surface area contributed by atoms with Crippen LogP contribution in [0.25, 0.3) is 0 Å². The van der Waals surface area contributed by atoms with Crippen LogP contribution in [-0.4, -0.2) is 29.8 Å². The van der Waals surface area contributed by atoms with Crippen LogP contribution in [0.5, 0.6) is 0 Å².